The minimum Gasteiger partial charge on any atom is -0.378 e. The highest BCUT2D eigenvalue weighted by Gasteiger charge is 2.31. The van der Waals surface area contributed by atoms with E-state index in [1.807, 2.05) is 12.1 Å². The highest BCUT2D eigenvalue weighted by atomic mass is 35.5. The summed E-state index contributed by atoms with van der Waals surface area (Å²) in [7, 11) is -3.29. The average molecular weight is 305 g/mol. The van der Waals surface area contributed by atoms with Crippen LogP contribution in [0.3, 0.4) is 0 Å². The normalized spacial score (nSPS) is 21.4. The van der Waals surface area contributed by atoms with E-state index in [1.165, 1.54) is 4.31 Å². The van der Waals surface area contributed by atoms with Crippen LogP contribution in [0.25, 0.3) is 0 Å². The van der Waals surface area contributed by atoms with Crippen molar-refractivity contribution in [3.8, 4) is 0 Å². The molecule has 1 aromatic heterocycles. The quantitative estimate of drug-likeness (QED) is 0.758. The molecule has 2 heterocycles. The predicted octanol–water partition coefficient (Wildman–Crippen LogP) is 0.893. The van der Waals surface area contributed by atoms with Gasteiger partial charge in [-0.2, -0.15) is 4.31 Å². The Balaban J connectivity index is 2.01. The molecule has 0 amide bonds. The lowest BCUT2D eigenvalue weighted by Gasteiger charge is -2.33. The molecule has 5 nitrogen and oxygen atoms in total. The first-order valence-electron chi connectivity index (χ1n) is 6.15. The van der Waals surface area contributed by atoms with Crippen LogP contribution in [0.1, 0.15) is 5.56 Å². The Labute approximate surface area is 118 Å². The molecular weight excluding hydrogens is 288 g/mol. The van der Waals surface area contributed by atoms with Gasteiger partial charge in [0.2, 0.25) is 10.0 Å². The van der Waals surface area contributed by atoms with E-state index in [4.69, 9.17) is 16.3 Å². The average Bonchev–Trinajstić information content (AvgIpc) is 2.46. The molecule has 0 N–H and O–H groups in total. The van der Waals surface area contributed by atoms with Gasteiger partial charge in [-0.25, -0.2) is 8.42 Å². The Morgan fingerprint density at radius 3 is 2.84 bits per heavy atom. The van der Waals surface area contributed by atoms with E-state index >= 15 is 0 Å². The number of aryl methyl sites for hydroxylation is 1. The van der Waals surface area contributed by atoms with Crippen LogP contribution >= 0.6 is 11.6 Å². The van der Waals surface area contributed by atoms with Crippen molar-refractivity contribution >= 4 is 21.6 Å². The summed E-state index contributed by atoms with van der Waals surface area (Å²) < 4.78 is 31.4. The molecule has 1 saturated heterocycles. The van der Waals surface area contributed by atoms with E-state index < -0.39 is 10.0 Å². The molecule has 106 valence electrons. The Morgan fingerprint density at radius 1 is 1.42 bits per heavy atom. The van der Waals surface area contributed by atoms with Gasteiger partial charge >= 0.3 is 0 Å². The number of ether oxygens (including phenoxy) is 1. The number of hydrogen-bond acceptors (Lipinski definition) is 4. The van der Waals surface area contributed by atoms with Gasteiger partial charge in [-0.15, -0.1) is 11.6 Å². The number of alkyl halides is 1. The number of morpholine rings is 1. The van der Waals surface area contributed by atoms with Crippen molar-refractivity contribution in [2.75, 3.05) is 31.4 Å². The molecule has 1 aliphatic heterocycles. The molecule has 1 aromatic rings. The van der Waals surface area contributed by atoms with Gasteiger partial charge in [0.05, 0.1) is 25.0 Å². The van der Waals surface area contributed by atoms with Crippen LogP contribution < -0.4 is 0 Å². The van der Waals surface area contributed by atoms with E-state index in [0.717, 1.165) is 5.56 Å². The van der Waals surface area contributed by atoms with E-state index in [0.29, 0.717) is 26.2 Å². The van der Waals surface area contributed by atoms with Crippen LogP contribution in [0, 0.1) is 0 Å². The largest absolute Gasteiger partial charge is 0.378 e. The van der Waals surface area contributed by atoms with E-state index in [9.17, 15) is 8.42 Å². The van der Waals surface area contributed by atoms with Gasteiger partial charge in [0.1, 0.15) is 0 Å². The monoisotopic (exact) mass is 304 g/mol. The van der Waals surface area contributed by atoms with Crippen molar-refractivity contribution in [3.05, 3.63) is 30.1 Å². The molecule has 0 aliphatic carbocycles. The lowest BCUT2D eigenvalue weighted by molar-refractivity contribution is 0.0405. The lowest BCUT2D eigenvalue weighted by Crippen LogP contribution is -2.50. The summed E-state index contributed by atoms with van der Waals surface area (Å²) in [5.74, 6) is 0.346. The molecule has 0 radical (unpaired) electrons. The van der Waals surface area contributed by atoms with Crippen LogP contribution in [0.2, 0.25) is 0 Å². The molecular formula is C12H17ClN2O3S. The molecule has 1 unspecified atom stereocenters. The zero-order valence-electron chi connectivity index (χ0n) is 10.5. The molecule has 0 bridgehead atoms. The number of nitrogens with zero attached hydrogens (tertiary/aromatic N) is 2. The van der Waals surface area contributed by atoms with Gasteiger partial charge in [-0.05, 0) is 24.1 Å². The highest BCUT2D eigenvalue weighted by Crippen LogP contribution is 2.15. The standard InChI is InChI=1S/C12H17ClN2O3S/c13-9-12-10-18-7-6-15(12)19(16,17)8-3-11-1-4-14-5-2-11/h1-2,4-5,12H,3,6-10H2. The van der Waals surface area contributed by atoms with Gasteiger partial charge in [0.15, 0.2) is 0 Å². The predicted molar refractivity (Wildman–Crippen MR) is 73.8 cm³/mol. The maximum absolute atomic E-state index is 12.3. The first-order valence-corrected chi connectivity index (χ1v) is 8.30. The summed E-state index contributed by atoms with van der Waals surface area (Å²) in [6, 6.07) is 3.40. The third-order valence-corrected chi connectivity index (χ3v) is 5.38. The maximum Gasteiger partial charge on any atom is 0.214 e. The zero-order valence-corrected chi connectivity index (χ0v) is 12.1. The van der Waals surface area contributed by atoms with E-state index in [1.54, 1.807) is 12.4 Å². The van der Waals surface area contributed by atoms with E-state index in [2.05, 4.69) is 4.98 Å². The first kappa shape index (κ1) is 14.7. The Hall–Kier alpha value is -0.690. The van der Waals surface area contributed by atoms with Crippen molar-refractivity contribution in [2.24, 2.45) is 0 Å². The Kier molecular flexibility index (Phi) is 5.15. The number of hydrogen-bond donors (Lipinski definition) is 0. The van der Waals surface area contributed by atoms with Gasteiger partial charge in [0, 0.05) is 24.8 Å². The van der Waals surface area contributed by atoms with Gasteiger partial charge in [0.25, 0.3) is 0 Å². The van der Waals surface area contributed by atoms with Gasteiger partial charge < -0.3 is 4.74 Å². The number of halogens is 1. The molecule has 1 fully saturated rings. The topological polar surface area (TPSA) is 59.5 Å². The molecule has 7 heteroatoms. The van der Waals surface area contributed by atoms with Crippen molar-refractivity contribution in [1.29, 1.82) is 0 Å². The third-order valence-electron chi connectivity index (χ3n) is 3.11. The fourth-order valence-corrected chi connectivity index (χ4v) is 4.05. The minimum atomic E-state index is -3.29. The van der Waals surface area contributed by atoms with E-state index in [-0.39, 0.29) is 17.7 Å². The fourth-order valence-electron chi connectivity index (χ4n) is 2.04. The molecule has 19 heavy (non-hydrogen) atoms. The van der Waals surface area contributed by atoms with Crippen LogP contribution in [0.4, 0.5) is 0 Å². The summed E-state index contributed by atoms with van der Waals surface area (Å²) in [6.07, 6.45) is 3.81. The van der Waals surface area contributed by atoms with Crippen LogP contribution in [-0.2, 0) is 21.2 Å². The summed E-state index contributed by atoms with van der Waals surface area (Å²) in [5.41, 5.74) is 0.967. The maximum atomic E-state index is 12.3. The van der Waals surface area contributed by atoms with Gasteiger partial charge in [-0.3, -0.25) is 4.98 Å². The number of sulfonamides is 1. The second kappa shape index (κ2) is 6.65. The summed E-state index contributed by atoms with van der Waals surface area (Å²) in [4.78, 5) is 3.91. The molecule has 1 aliphatic rings. The summed E-state index contributed by atoms with van der Waals surface area (Å²) in [5, 5.41) is 0. The molecule has 0 aromatic carbocycles. The van der Waals surface area contributed by atoms with Crippen LogP contribution in [0.15, 0.2) is 24.5 Å². The third kappa shape index (κ3) is 3.89. The first-order chi connectivity index (χ1) is 9.13. The van der Waals surface area contributed by atoms with Crippen LogP contribution in [-0.4, -0.2) is 55.1 Å². The number of aromatic nitrogens is 1. The fraction of sp³-hybridized carbons (Fsp3) is 0.583. The SMILES string of the molecule is O=S(=O)(CCc1ccncc1)N1CCOCC1CCl. The molecule has 0 saturated carbocycles. The summed E-state index contributed by atoms with van der Waals surface area (Å²) in [6.45, 7) is 1.19. The number of rotatable bonds is 5. The highest BCUT2D eigenvalue weighted by molar-refractivity contribution is 7.89. The molecule has 2 rings (SSSR count). The molecule has 1 atom stereocenters. The Bertz CT molecular complexity index is 495. The Morgan fingerprint density at radius 2 is 2.16 bits per heavy atom. The second-order valence-corrected chi connectivity index (χ2v) is 6.76. The van der Waals surface area contributed by atoms with Crippen molar-refractivity contribution in [2.45, 2.75) is 12.5 Å². The van der Waals surface area contributed by atoms with Crippen molar-refractivity contribution in [1.82, 2.24) is 9.29 Å². The number of pyridine rings is 1. The zero-order chi connectivity index (χ0) is 13.7. The minimum absolute atomic E-state index is 0.0877. The smallest absolute Gasteiger partial charge is 0.214 e. The van der Waals surface area contributed by atoms with Crippen molar-refractivity contribution in [3.63, 3.8) is 0 Å². The summed E-state index contributed by atoms with van der Waals surface area (Å²) >= 11 is 5.80. The molecule has 0 spiro atoms. The van der Waals surface area contributed by atoms with Crippen LogP contribution in [0.5, 0.6) is 0 Å². The lowest BCUT2D eigenvalue weighted by atomic mass is 10.2. The van der Waals surface area contributed by atoms with Gasteiger partial charge in [-0.1, -0.05) is 0 Å². The van der Waals surface area contributed by atoms with Crippen molar-refractivity contribution < 1.29 is 13.2 Å². The second-order valence-electron chi connectivity index (χ2n) is 4.42.